The molecule has 1 aromatic carbocycles. The van der Waals surface area contributed by atoms with Crippen LogP contribution in [0.1, 0.15) is 59.3 Å². The summed E-state index contributed by atoms with van der Waals surface area (Å²) in [7, 11) is 2.34. The van der Waals surface area contributed by atoms with Gasteiger partial charge in [-0.25, -0.2) is 0 Å². The first-order valence-corrected chi connectivity index (χ1v) is 11.8. The van der Waals surface area contributed by atoms with Crippen molar-refractivity contribution < 1.29 is 9.53 Å². The minimum Gasteiger partial charge on any atom is -0.483 e. The van der Waals surface area contributed by atoms with E-state index in [9.17, 15) is 4.79 Å². The van der Waals surface area contributed by atoms with Crippen LogP contribution in [0.3, 0.4) is 0 Å². The van der Waals surface area contributed by atoms with Crippen LogP contribution >= 0.6 is 0 Å². The number of carbonyl (C=O) groups is 1. The maximum atomic E-state index is 13.5. The second-order valence-electron chi connectivity index (χ2n) is 11.1. The van der Waals surface area contributed by atoms with Gasteiger partial charge in [0.05, 0.1) is 0 Å². The summed E-state index contributed by atoms with van der Waals surface area (Å²) in [5.41, 5.74) is 0.214. The molecule has 3 saturated carbocycles. The molecule has 3 aliphatic carbocycles. The summed E-state index contributed by atoms with van der Waals surface area (Å²) in [4.78, 5) is 16.2. The molecule has 3 nitrogen and oxygen atoms in total. The van der Waals surface area contributed by atoms with E-state index in [0.717, 1.165) is 24.5 Å². The molecule has 1 saturated heterocycles. The number of benzene rings is 1. The lowest BCUT2D eigenvalue weighted by molar-refractivity contribution is -0.151. The van der Waals surface area contributed by atoms with Crippen molar-refractivity contribution in [3.8, 4) is 5.75 Å². The van der Waals surface area contributed by atoms with Crippen LogP contribution in [0.2, 0.25) is 0 Å². The number of rotatable bonds is 2. The minimum absolute atomic E-state index is 0.196. The first kappa shape index (κ1) is 19.6. The van der Waals surface area contributed by atoms with Gasteiger partial charge in [-0.1, -0.05) is 39.0 Å². The SMILES string of the molecule is CC1CC2N(C)CCC[C@]2(C)[C@@H]2CC[C@]3(C)C(=O)C(Oc4ccccc4)C[C@H]3[C@H]12. The van der Waals surface area contributed by atoms with Crippen molar-refractivity contribution in [1.82, 2.24) is 4.90 Å². The third-order valence-corrected chi connectivity index (χ3v) is 9.69. The zero-order valence-electron chi connectivity index (χ0n) is 18.6. The Morgan fingerprint density at radius 1 is 1.07 bits per heavy atom. The number of likely N-dealkylation sites (tertiary alicyclic amines) is 1. The largest absolute Gasteiger partial charge is 0.483 e. The number of fused-ring (bicyclic) bond motifs is 5. The molecule has 29 heavy (non-hydrogen) atoms. The van der Waals surface area contributed by atoms with Crippen LogP contribution in [0.5, 0.6) is 5.75 Å². The summed E-state index contributed by atoms with van der Waals surface area (Å²) < 4.78 is 6.25. The number of para-hydroxylation sites is 1. The smallest absolute Gasteiger partial charge is 0.179 e. The maximum Gasteiger partial charge on any atom is 0.179 e. The van der Waals surface area contributed by atoms with Crippen LogP contribution < -0.4 is 4.74 Å². The molecule has 1 aromatic rings. The number of nitrogens with zero attached hydrogens (tertiary/aromatic N) is 1. The summed E-state index contributed by atoms with van der Waals surface area (Å²) in [6.45, 7) is 8.56. The van der Waals surface area contributed by atoms with E-state index in [2.05, 4.69) is 32.7 Å². The lowest BCUT2D eigenvalue weighted by atomic mass is 9.45. The highest BCUT2D eigenvalue weighted by Gasteiger charge is 2.64. The molecule has 0 amide bonds. The molecule has 3 unspecified atom stereocenters. The van der Waals surface area contributed by atoms with Gasteiger partial charge in [-0.15, -0.1) is 0 Å². The van der Waals surface area contributed by atoms with Gasteiger partial charge in [0.15, 0.2) is 11.9 Å². The molecule has 0 aromatic heterocycles. The van der Waals surface area contributed by atoms with E-state index in [0.29, 0.717) is 35.0 Å². The number of carbonyl (C=O) groups excluding carboxylic acids is 1. The zero-order valence-corrected chi connectivity index (χ0v) is 18.6. The van der Waals surface area contributed by atoms with Gasteiger partial charge in [0, 0.05) is 11.5 Å². The Balaban J connectivity index is 1.45. The fourth-order valence-electron chi connectivity index (χ4n) is 8.22. The van der Waals surface area contributed by atoms with Gasteiger partial charge in [0.25, 0.3) is 0 Å². The molecule has 1 aliphatic heterocycles. The van der Waals surface area contributed by atoms with Crippen molar-refractivity contribution in [2.45, 2.75) is 71.4 Å². The Hall–Kier alpha value is -1.35. The van der Waals surface area contributed by atoms with Gasteiger partial charge in [-0.05, 0) is 93.3 Å². The van der Waals surface area contributed by atoms with Crippen molar-refractivity contribution in [3.63, 3.8) is 0 Å². The lowest BCUT2D eigenvalue weighted by Crippen LogP contribution is -2.62. The normalized spacial score (nSPS) is 47.2. The predicted octanol–water partition coefficient (Wildman–Crippen LogP) is 5.20. The van der Waals surface area contributed by atoms with Crippen molar-refractivity contribution in [2.24, 2.45) is 34.5 Å². The molecule has 4 aliphatic rings. The van der Waals surface area contributed by atoms with E-state index in [1.54, 1.807) is 0 Å². The van der Waals surface area contributed by atoms with Crippen LogP contribution in [-0.4, -0.2) is 36.4 Å². The molecule has 158 valence electrons. The molecule has 0 radical (unpaired) electrons. The minimum atomic E-state index is -0.266. The number of piperidine rings is 1. The molecule has 0 bridgehead atoms. The van der Waals surface area contributed by atoms with E-state index in [1.165, 1.54) is 32.2 Å². The lowest BCUT2D eigenvalue weighted by Gasteiger charge is -2.63. The monoisotopic (exact) mass is 395 g/mol. The van der Waals surface area contributed by atoms with E-state index in [-0.39, 0.29) is 11.5 Å². The third kappa shape index (κ3) is 2.83. The third-order valence-electron chi connectivity index (χ3n) is 9.69. The van der Waals surface area contributed by atoms with Crippen LogP contribution in [0.4, 0.5) is 0 Å². The van der Waals surface area contributed by atoms with E-state index >= 15 is 0 Å². The fraction of sp³-hybridized carbons (Fsp3) is 0.731. The second kappa shape index (κ2) is 6.83. The number of Topliss-reactive ketones (excluding diaryl/α,β-unsaturated/α-hetero) is 1. The van der Waals surface area contributed by atoms with Gasteiger partial charge in [0.2, 0.25) is 0 Å². The molecular weight excluding hydrogens is 358 g/mol. The van der Waals surface area contributed by atoms with Crippen LogP contribution in [0.15, 0.2) is 30.3 Å². The molecule has 8 atom stereocenters. The molecular formula is C26H37NO2. The van der Waals surface area contributed by atoms with Gasteiger partial charge in [0.1, 0.15) is 5.75 Å². The molecule has 3 heteroatoms. The average Bonchev–Trinajstić information content (AvgIpc) is 2.95. The number of ether oxygens (including phenoxy) is 1. The second-order valence-corrected chi connectivity index (χ2v) is 11.1. The van der Waals surface area contributed by atoms with Crippen LogP contribution in [-0.2, 0) is 4.79 Å². The number of ketones is 1. The Bertz CT molecular complexity index is 778. The Kier molecular flexibility index (Phi) is 4.62. The highest BCUT2D eigenvalue weighted by molar-refractivity contribution is 5.91. The number of hydrogen-bond donors (Lipinski definition) is 0. The van der Waals surface area contributed by atoms with E-state index in [1.807, 2.05) is 30.3 Å². The molecule has 5 rings (SSSR count). The van der Waals surface area contributed by atoms with Gasteiger partial charge in [-0.3, -0.25) is 4.79 Å². The molecule has 4 fully saturated rings. The summed E-state index contributed by atoms with van der Waals surface area (Å²) >= 11 is 0. The van der Waals surface area contributed by atoms with Gasteiger partial charge in [-0.2, -0.15) is 0 Å². The first-order valence-electron chi connectivity index (χ1n) is 11.8. The van der Waals surface area contributed by atoms with Gasteiger partial charge >= 0.3 is 0 Å². The molecule has 0 spiro atoms. The van der Waals surface area contributed by atoms with Crippen LogP contribution in [0, 0.1) is 34.5 Å². The topological polar surface area (TPSA) is 29.5 Å². The zero-order chi connectivity index (χ0) is 20.4. The Morgan fingerprint density at radius 2 is 1.83 bits per heavy atom. The first-order chi connectivity index (χ1) is 13.8. The summed E-state index contributed by atoms with van der Waals surface area (Å²) in [6.07, 6.45) is 6.88. The fourth-order valence-corrected chi connectivity index (χ4v) is 8.22. The van der Waals surface area contributed by atoms with Crippen molar-refractivity contribution in [2.75, 3.05) is 13.6 Å². The average molecular weight is 396 g/mol. The van der Waals surface area contributed by atoms with E-state index in [4.69, 9.17) is 4.74 Å². The predicted molar refractivity (Wildman–Crippen MR) is 116 cm³/mol. The standard InChI is InChI=1S/C26H37NO2/c1-17-15-22-25(2,12-8-14-27(22)4)19-11-13-26(3)20(23(17)19)16-21(24(26)28)29-18-9-6-5-7-10-18/h5-7,9-10,17,19-23H,8,11-16H2,1-4H3/t17?,19-,20+,21?,22?,23-,25-,26+/m1/s1. The quantitative estimate of drug-likeness (QED) is 0.690. The summed E-state index contributed by atoms with van der Waals surface area (Å²) in [5, 5.41) is 0. The Morgan fingerprint density at radius 3 is 2.59 bits per heavy atom. The van der Waals surface area contributed by atoms with Gasteiger partial charge < -0.3 is 9.64 Å². The highest BCUT2D eigenvalue weighted by atomic mass is 16.5. The summed E-state index contributed by atoms with van der Waals surface area (Å²) in [6, 6.07) is 10.6. The summed E-state index contributed by atoms with van der Waals surface area (Å²) in [5.74, 6) is 3.77. The number of hydrogen-bond acceptors (Lipinski definition) is 3. The van der Waals surface area contributed by atoms with Crippen LogP contribution in [0.25, 0.3) is 0 Å². The molecule has 1 heterocycles. The maximum absolute atomic E-state index is 13.5. The Labute approximate surface area is 176 Å². The van der Waals surface area contributed by atoms with Crippen molar-refractivity contribution >= 4 is 5.78 Å². The highest BCUT2D eigenvalue weighted by Crippen LogP contribution is 2.65. The molecule has 0 N–H and O–H groups in total. The van der Waals surface area contributed by atoms with Crippen molar-refractivity contribution in [1.29, 1.82) is 0 Å². The van der Waals surface area contributed by atoms with E-state index < -0.39 is 0 Å². The van der Waals surface area contributed by atoms with Crippen molar-refractivity contribution in [3.05, 3.63) is 30.3 Å².